The van der Waals surface area contributed by atoms with Gasteiger partial charge in [0.15, 0.2) is 11.5 Å². The van der Waals surface area contributed by atoms with Crippen LogP contribution in [0.3, 0.4) is 0 Å². The summed E-state index contributed by atoms with van der Waals surface area (Å²) >= 11 is 0. The predicted molar refractivity (Wildman–Crippen MR) is 123 cm³/mol. The van der Waals surface area contributed by atoms with E-state index in [1.807, 2.05) is 18.7 Å². The lowest BCUT2D eigenvalue weighted by Crippen LogP contribution is -2.55. The lowest BCUT2D eigenvalue weighted by molar-refractivity contribution is -0.138. The Morgan fingerprint density at radius 1 is 1.03 bits per heavy atom. The van der Waals surface area contributed by atoms with Crippen molar-refractivity contribution in [2.24, 2.45) is 11.8 Å². The van der Waals surface area contributed by atoms with Crippen molar-refractivity contribution in [3.05, 3.63) is 23.8 Å². The molecule has 8 nitrogen and oxygen atoms in total. The number of ether oxygens (including phenoxy) is 2. The van der Waals surface area contributed by atoms with E-state index in [1.54, 1.807) is 23.1 Å². The molecule has 1 unspecified atom stereocenters. The lowest BCUT2D eigenvalue weighted by atomic mass is 9.87. The fourth-order valence-corrected chi connectivity index (χ4v) is 5.26. The summed E-state index contributed by atoms with van der Waals surface area (Å²) in [4.78, 5) is 43.0. The standard InChI is InChI=1S/C25H35N3O5/c1-3-27(4-2)25(31)22(26-23(29)19-9-10-20-21(15-19)33-16-32-20)17-11-13-28(14-12-17)24(30)18-7-5-6-8-18/h9-10,15,17-18,22H,3-8,11-14,16H2,1-2H3,(H,26,29). The van der Waals surface area contributed by atoms with E-state index in [1.165, 1.54) is 0 Å². The molecule has 2 aliphatic heterocycles. The van der Waals surface area contributed by atoms with Crippen LogP contribution in [0.25, 0.3) is 0 Å². The number of hydrogen-bond donors (Lipinski definition) is 1. The van der Waals surface area contributed by atoms with Crippen LogP contribution in [0.15, 0.2) is 18.2 Å². The van der Waals surface area contributed by atoms with Crippen molar-refractivity contribution in [1.29, 1.82) is 0 Å². The molecule has 0 spiro atoms. The number of piperidine rings is 1. The van der Waals surface area contributed by atoms with E-state index in [2.05, 4.69) is 5.32 Å². The van der Waals surface area contributed by atoms with Crippen molar-refractivity contribution < 1.29 is 23.9 Å². The van der Waals surface area contributed by atoms with Crippen molar-refractivity contribution in [2.75, 3.05) is 33.0 Å². The van der Waals surface area contributed by atoms with Gasteiger partial charge < -0.3 is 24.6 Å². The lowest BCUT2D eigenvalue weighted by Gasteiger charge is -2.38. The molecule has 2 heterocycles. The minimum atomic E-state index is -0.619. The third-order valence-corrected chi connectivity index (χ3v) is 7.29. The number of likely N-dealkylation sites (tertiary alicyclic amines) is 1. The van der Waals surface area contributed by atoms with Crippen LogP contribution >= 0.6 is 0 Å². The number of nitrogens with one attached hydrogen (secondary N) is 1. The van der Waals surface area contributed by atoms with E-state index >= 15 is 0 Å². The number of carbonyl (C=O) groups is 3. The summed E-state index contributed by atoms with van der Waals surface area (Å²) in [6, 6.07) is 4.43. The number of benzene rings is 1. The first-order chi connectivity index (χ1) is 16.0. The Kier molecular flexibility index (Phi) is 7.40. The van der Waals surface area contributed by atoms with Crippen LogP contribution in [0.4, 0.5) is 0 Å². The Balaban J connectivity index is 1.45. The van der Waals surface area contributed by atoms with E-state index in [0.29, 0.717) is 56.1 Å². The molecule has 1 atom stereocenters. The minimum Gasteiger partial charge on any atom is -0.454 e. The first-order valence-electron chi connectivity index (χ1n) is 12.3. The predicted octanol–water partition coefficient (Wildman–Crippen LogP) is 2.81. The summed E-state index contributed by atoms with van der Waals surface area (Å²) in [5, 5.41) is 3.01. The zero-order valence-corrected chi connectivity index (χ0v) is 19.7. The fourth-order valence-electron chi connectivity index (χ4n) is 5.26. The Labute approximate surface area is 195 Å². The quantitative estimate of drug-likeness (QED) is 0.680. The van der Waals surface area contributed by atoms with Crippen LogP contribution in [-0.4, -0.2) is 66.5 Å². The maximum absolute atomic E-state index is 13.4. The van der Waals surface area contributed by atoms with Gasteiger partial charge in [-0.2, -0.15) is 0 Å². The second kappa shape index (κ2) is 10.4. The topological polar surface area (TPSA) is 88.2 Å². The molecular formula is C25H35N3O5. The molecule has 3 amide bonds. The average molecular weight is 458 g/mol. The zero-order valence-electron chi connectivity index (χ0n) is 19.7. The summed E-state index contributed by atoms with van der Waals surface area (Å²) in [5.74, 6) is 1.21. The molecule has 1 aromatic carbocycles. The minimum absolute atomic E-state index is 0.0105. The van der Waals surface area contributed by atoms with E-state index in [9.17, 15) is 14.4 Å². The number of rotatable bonds is 7. The first-order valence-corrected chi connectivity index (χ1v) is 12.3. The summed E-state index contributed by atoms with van der Waals surface area (Å²) in [6.45, 7) is 6.49. The molecule has 1 saturated carbocycles. The van der Waals surface area contributed by atoms with Crippen molar-refractivity contribution in [2.45, 2.75) is 58.4 Å². The van der Waals surface area contributed by atoms with Crippen molar-refractivity contribution in [1.82, 2.24) is 15.1 Å². The normalized spacial score (nSPS) is 19.4. The van der Waals surface area contributed by atoms with Crippen LogP contribution in [0, 0.1) is 11.8 Å². The van der Waals surface area contributed by atoms with E-state index in [-0.39, 0.29) is 36.4 Å². The van der Waals surface area contributed by atoms with Gasteiger partial charge >= 0.3 is 0 Å². The van der Waals surface area contributed by atoms with Crippen molar-refractivity contribution >= 4 is 17.7 Å². The van der Waals surface area contributed by atoms with Gasteiger partial charge in [-0.05, 0) is 63.6 Å². The van der Waals surface area contributed by atoms with Crippen LogP contribution in [0.2, 0.25) is 0 Å². The van der Waals surface area contributed by atoms with Gasteiger partial charge in [-0.25, -0.2) is 0 Å². The van der Waals surface area contributed by atoms with Gasteiger partial charge in [-0.1, -0.05) is 12.8 Å². The molecule has 0 bridgehead atoms. The molecule has 0 aromatic heterocycles. The van der Waals surface area contributed by atoms with Gasteiger partial charge in [0.05, 0.1) is 0 Å². The van der Waals surface area contributed by atoms with Crippen LogP contribution in [0.1, 0.15) is 62.7 Å². The maximum atomic E-state index is 13.4. The molecule has 1 N–H and O–H groups in total. The van der Waals surface area contributed by atoms with Crippen LogP contribution in [-0.2, 0) is 9.59 Å². The highest BCUT2D eigenvalue weighted by Crippen LogP contribution is 2.33. The second-order valence-corrected chi connectivity index (χ2v) is 9.17. The number of carbonyl (C=O) groups excluding carboxylic acids is 3. The Hall–Kier alpha value is -2.77. The third-order valence-electron chi connectivity index (χ3n) is 7.29. The summed E-state index contributed by atoms with van der Waals surface area (Å²) < 4.78 is 10.7. The maximum Gasteiger partial charge on any atom is 0.252 e. The van der Waals surface area contributed by atoms with Crippen LogP contribution in [0.5, 0.6) is 11.5 Å². The fraction of sp³-hybridized carbons (Fsp3) is 0.640. The number of fused-ring (bicyclic) bond motifs is 1. The number of hydrogen-bond acceptors (Lipinski definition) is 5. The molecule has 8 heteroatoms. The molecule has 0 radical (unpaired) electrons. The number of amides is 3. The van der Waals surface area contributed by atoms with Gasteiger partial charge in [0.2, 0.25) is 18.6 Å². The molecular weight excluding hydrogens is 422 g/mol. The Morgan fingerprint density at radius 3 is 2.36 bits per heavy atom. The highest BCUT2D eigenvalue weighted by atomic mass is 16.7. The van der Waals surface area contributed by atoms with Gasteiger partial charge in [0.25, 0.3) is 5.91 Å². The van der Waals surface area contributed by atoms with Crippen LogP contribution < -0.4 is 14.8 Å². The zero-order chi connectivity index (χ0) is 23.4. The second-order valence-electron chi connectivity index (χ2n) is 9.17. The smallest absolute Gasteiger partial charge is 0.252 e. The summed E-state index contributed by atoms with van der Waals surface area (Å²) in [6.07, 6.45) is 5.67. The third kappa shape index (κ3) is 5.09. The molecule has 33 heavy (non-hydrogen) atoms. The monoisotopic (exact) mass is 457 g/mol. The molecule has 180 valence electrons. The van der Waals surface area contributed by atoms with E-state index < -0.39 is 6.04 Å². The Morgan fingerprint density at radius 2 is 1.70 bits per heavy atom. The number of nitrogens with zero attached hydrogens (tertiary/aromatic N) is 2. The SMILES string of the molecule is CCN(CC)C(=O)C(NC(=O)c1ccc2c(c1)OCO2)C1CCN(C(=O)C2CCCC2)CC1. The van der Waals surface area contributed by atoms with E-state index in [4.69, 9.17) is 9.47 Å². The Bertz CT molecular complexity index is 871. The molecule has 3 aliphatic rings. The highest BCUT2D eigenvalue weighted by molar-refractivity contribution is 5.98. The van der Waals surface area contributed by atoms with Crippen molar-refractivity contribution in [3.63, 3.8) is 0 Å². The van der Waals surface area contributed by atoms with Crippen molar-refractivity contribution in [3.8, 4) is 11.5 Å². The summed E-state index contributed by atoms with van der Waals surface area (Å²) in [5.41, 5.74) is 0.436. The molecule has 2 fully saturated rings. The molecule has 1 aliphatic carbocycles. The van der Waals surface area contributed by atoms with Gasteiger partial charge in [0, 0.05) is 37.7 Å². The van der Waals surface area contributed by atoms with Gasteiger partial charge in [0.1, 0.15) is 6.04 Å². The highest BCUT2D eigenvalue weighted by Gasteiger charge is 2.37. The molecule has 1 saturated heterocycles. The first kappa shape index (κ1) is 23.4. The van der Waals surface area contributed by atoms with Gasteiger partial charge in [-0.15, -0.1) is 0 Å². The average Bonchev–Trinajstić information content (AvgIpc) is 3.54. The van der Waals surface area contributed by atoms with E-state index in [0.717, 1.165) is 25.7 Å². The molecule has 1 aromatic rings. The summed E-state index contributed by atoms with van der Waals surface area (Å²) in [7, 11) is 0. The number of likely N-dealkylation sites (N-methyl/N-ethyl adjacent to an activating group) is 1. The largest absolute Gasteiger partial charge is 0.454 e. The van der Waals surface area contributed by atoms with Gasteiger partial charge in [-0.3, -0.25) is 14.4 Å². The molecule has 4 rings (SSSR count).